The minimum Gasteiger partial charge on any atom is -0.444 e. The topological polar surface area (TPSA) is 50.4 Å². The van der Waals surface area contributed by atoms with Crippen LogP contribution >= 0.6 is 0 Å². The highest BCUT2D eigenvalue weighted by Crippen LogP contribution is 2.28. The molecule has 0 spiro atoms. The molecule has 0 unspecified atom stereocenters. The number of carbonyl (C=O) groups excluding carboxylic acids is 1. The van der Waals surface area contributed by atoms with E-state index in [1.165, 1.54) is 19.3 Å². The van der Waals surface area contributed by atoms with Crippen molar-refractivity contribution in [3.8, 4) is 0 Å². The summed E-state index contributed by atoms with van der Waals surface area (Å²) in [5.74, 6) is 0. The molecular weight excluding hydrogens is 216 g/mol. The summed E-state index contributed by atoms with van der Waals surface area (Å²) in [5, 5.41) is 6.24. The van der Waals surface area contributed by atoms with Crippen molar-refractivity contribution in [3.63, 3.8) is 0 Å². The monoisotopic (exact) mass is 242 g/mol. The predicted octanol–water partition coefficient (Wildman–Crippen LogP) is 2.43. The maximum atomic E-state index is 11.8. The Balaban J connectivity index is 2.57. The van der Waals surface area contributed by atoms with E-state index in [-0.39, 0.29) is 11.6 Å². The van der Waals surface area contributed by atoms with Crippen LogP contribution in [0.3, 0.4) is 0 Å². The zero-order valence-electron chi connectivity index (χ0n) is 11.6. The first-order valence-corrected chi connectivity index (χ1v) is 6.53. The molecular formula is C13H26N2O2. The Morgan fingerprint density at radius 3 is 2.29 bits per heavy atom. The predicted molar refractivity (Wildman–Crippen MR) is 69.1 cm³/mol. The number of rotatable bonds is 3. The molecule has 1 fully saturated rings. The standard InChI is InChI=1S/C13H26N2O2/c1-12(2,3)17-11(16)15-13(10-14-4)8-6-5-7-9-13/h14H,5-10H2,1-4H3,(H,15,16). The third-order valence-electron chi connectivity index (χ3n) is 3.09. The van der Waals surface area contributed by atoms with Crippen LogP contribution in [0.15, 0.2) is 0 Å². The number of hydrogen-bond donors (Lipinski definition) is 2. The van der Waals surface area contributed by atoms with Gasteiger partial charge < -0.3 is 15.4 Å². The summed E-state index contributed by atoms with van der Waals surface area (Å²) < 4.78 is 5.33. The van der Waals surface area contributed by atoms with Crippen molar-refractivity contribution >= 4 is 6.09 Å². The Labute approximate surface area is 104 Å². The van der Waals surface area contributed by atoms with Gasteiger partial charge in [0.2, 0.25) is 0 Å². The molecule has 0 bridgehead atoms. The molecule has 2 N–H and O–H groups in total. The quantitative estimate of drug-likeness (QED) is 0.799. The summed E-state index contributed by atoms with van der Waals surface area (Å²) in [6, 6.07) is 0. The molecule has 1 aliphatic carbocycles. The van der Waals surface area contributed by atoms with Crippen LogP contribution < -0.4 is 10.6 Å². The second-order valence-electron chi connectivity index (χ2n) is 6.00. The largest absolute Gasteiger partial charge is 0.444 e. The molecule has 17 heavy (non-hydrogen) atoms. The molecule has 1 amide bonds. The highest BCUT2D eigenvalue weighted by molar-refractivity contribution is 5.68. The Bertz CT molecular complexity index is 247. The SMILES string of the molecule is CNCC1(NC(=O)OC(C)(C)C)CCCCC1. The van der Waals surface area contributed by atoms with Gasteiger partial charge in [-0.3, -0.25) is 0 Å². The van der Waals surface area contributed by atoms with Crippen molar-refractivity contribution in [3.05, 3.63) is 0 Å². The fraction of sp³-hybridized carbons (Fsp3) is 0.923. The van der Waals surface area contributed by atoms with Crippen LogP contribution in [-0.4, -0.2) is 30.8 Å². The number of alkyl carbamates (subject to hydrolysis) is 1. The average Bonchev–Trinajstić information content (AvgIpc) is 2.15. The molecule has 1 rings (SSSR count). The highest BCUT2D eigenvalue weighted by atomic mass is 16.6. The maximum Gasteiger partial charge on any atom is 0.408 e. The van der Waals surface area contributed by atoms with E-state index in [1.807, 2.05) is 27.8 Å². The number of ether oxygens (including phenoxy) is 1. The molecule has 0 saturated heterocycles. The molecule has 4 heteroatoms. The van der Waals surface area contributed by atoms with Crippen molar-refractivity contribution in [1.82, 2.24) is 10.6 Å². The molecule has 0 aromatic heterocycles. The van der Waals surface area contributed by atoms with Gasteiger partial charge in [-0.25, -0.2) is 4.79 Å². The zero-order chi connectivity index (χ0) is 12.9. The summed E-state index contributed by atoms with van der Waals surface area (Å²) in [5.41, 5.74) is -0.547. The molecule has 0 atom stereocenters. The molecule has 0 heterocycles. The average molecular weight is 242 g/mol. The maximum absolute atomic E-state index is 11.8. The van der Waals surface area contributed by atoms with Gasteiger partial charge in [0.15, 0.2) is 0 Å². The zero-order valence-corrected chi connectivity index (χ0v) is 11.6. The molecule has 0 aliphatic heterocycles. The van der Waals surface area contributed by atoms with E-state index in [4.69, 9.17) is 4.74 Å². The lowest BCUT2D eigenvalue weighted by Gasteiger charge is -2.38. The molecule has 0 radical (unpaired) electrons. The molecule has 1 saturated carbocycles. The van der Waals surface area contributed by atoms with Crippen molar-refractivity contribution < 1.29 is 9.53 Å². The number of nitrogens with one attached hydrogen (secondary N) is 2. The van der Waals surface area contributed by atoms with Gasteiger partial charge in [0.25, 0.3) is 0 Å². The van der Waals surface area contributed by atoms with Crippen LogP contribution in [0.25, 0.3) is 0 Å². The molecule has 4 nitrogen and oxygen atoms in total. The second-order valence-corrected chi connectivity index (χ2v) is 6.00. The minimum absolute atomic E-state index is 0.116. The fourth-order valence-electron chi connectivity index (χ4n) is 2.43. The van der Waals surface area contributed by atoms with Crippen molar-refractivity contribution in [1.29, 1.82) is 0 Å². The number of hydrogen-bond acceptors (Lipinski definition) is 3. The van der Waals surface area contributed by atoms with E-state index < -0.39 is 5.60 Å². The highest BCUT2D eigenvalue weighted by Gasteiger charge is 2.34. The van der Waals surface area contributed by atoms with Gasteiger partial charge in [0, 0.05) is 6.54 Å². The Morgan fingerprint density at radius 2 is 1.82 bits per heavy atom. The van der Waals surface area contributed by atoms with Crippen LogP contribution in [0, 0.1) is 0 Å². The number of likely N-dealkylation sites (N-methyl/N-ethyl adjacent to an activating group) is 1. The lowest BCUT2D eigenvalue weighted by molar-refractivity contribution is 0.0425. The summed E-state index contributed by atoms with van der Waals surface area (Å²) in [6.45, 7) is 6.47. The Hall–Kier alpha value is -0.770. The molecule has 1 aliphatic rings. The first-order chi connectivity index (χ1) is 7.87. The van der Waals surface area contributed by atoms with E-state index in [0.29, 0.717) is 0 Å². The summed E-state index contributed by atoms with van der Waals surface area (Å²) in [7, 11) is 1.92. The Morgan fingerprint density at radius 1 is 1.24 bits per heavy atom. The minimum atomic E-state index is -0.431. The number of amides is 1. The molecule has 100 valence electrons. The summed E-state index contributed by atoms with van der Waals surface area (Å²) in [4.78, 5) is 11.8. The summed E-state index contributed by atoms with van der Waals surface area (Å²) >= 11 is 0. The van der Waals surface area contributed by atoms with Gasteiger partial charge in [-0.1, -0.05) is 19.3 Å². The third-order valence-corrected chi connectivity index (χ3v) is 3.09. The lowest BCUT2D eigenvalue weighted by atomic mass is 9.81. The molecule has 0 aromatic carbocycles. The summed E-state index contributed by atoms with van der Waals surface area (Å²) in [6.07, 6.45) is 5.39. The third kappa shape index (κ3) is 4.94. The van der Waals surface area contributed by atoms with Crippen LogP contribution in [0.4, 0.5) is 4.79 Å². The second kappa shape index (κ2) is 5.71. The first kappa shape index (κ1) is 14.3. The van der Waals surface area contributed by atoms with Crippen molar-refractivity contribution in [2.24, 2.45) is 0 Å². The van der Waals surface area contributed by atoms with E-state index in [9.17, 15) is 4.79 Å². The van der Waals surface area contributed by atoms with Crippen LogP contribution in [0.1, 0.15) is 52.9 Å². The van der Waals surface area contributed by atoms with E-state index in [2.05, 4.69) is 10.6 Å². The van der Waals surface area contributed by atoms with E-state index >= 15 is 0 Å². The smallest absolute Gasteiger partial charge is 0.408 e. The number of carbonyl (C=O) groups is 1. The molecule has 0 aromatic rings. The lowest BCUT2D eigenvalue weighted by Crippen LogP contribution is -2.56. The normalized spacial score (nSPS) is 19.8. The van der Waals surface area contributed by atoms with Gasteiger partial charge >= 0.3 is 6.09 Å². The van der Waals surface area contributed by atoms with Crippen LogP contribution in [0.5, 0.6) is 0 Å². The van der Waals surface area contributed by atoms with Gasteiger partial charge in [0.05, 0.1) is 5.54 Å². The van der Waals surface area contributed by atoms with Gasteiger partial charge in [0.1, 0.15) is 5.60 Å². The van der Waals surface area contributed by atoms with E-state index in [1.54, 1.807) is 0 Å². The fourth-order valence-corrected chi connectivity index (χ4v) is 2.43. The van der Waals surface area contributed by atoms with Crippen molar-refractivity contribution in [2.75, 3.05) is 13.6 Å². The van der Waals surface area contributed by atoms with Crippen molar-refractivity contribution in [2.45, 2.75) is 64.0 Å². The Kier molecular flexibility index (Phi) is 4.80. The first-order valence-electron chi connectivity index (χ1n) is 6.53. The van der Waals surface area contributed by atoms with Crippen LogP contribution in [-0.2, 0) is 4.74 Å². The van der Waals surface area contributed by atoms with Gasteiger partial charge in [-0.05, 0) is 40.7 Å². The van der Waals surface area contributed by atoms with Crippen LogP contribution in [0.2, 0.25) is 0 Å². The van der Waals surface area contributed by atoms with Gasteiger partial charge in [-0.2, -0.15) is 0 Å². The van der Waals surface area contributed by atoms with Gasteiger partial charge in [-0.15, -0.1) is 0 Å². The van der Waals surface area contributed by atoms with E-state index in [0.717, 1.165) is 19.4 Å².